The summed E-state index contributed by atoms with van der Waals surface area (Å²) in [6, 6.07) is 6.04. The zero-order valence-electron chi connectivity index (χ0n) is 15.4. The molecule has 0 saturated heterocycles. The van der Waals surface area contributed by atoms with E-state index in [0.717, 1.165) is 43.6 Å². The van der Waals surface area contributed by atoms with Crippen LogP contribution < -0.4 is 10.9 Å². The molecule has 8 heteroatoms. The molecule has 0 unspecified atom stereocenters. The van der Waals surface area contributed by atoms with Crippen molar-refractivity contribution in [3.63, 3.8) is 0 Å². The second-order valence-electron chi connectivity index (χ2n) is 7.08. The average molecular weight is 420 g/mol. The molecule has 2 aliphatic rings. The molecule has 1 aromatic heterocycles. The molecule has 1 N–H and O–H groups in total. The zero-order valence-corrected chi connectivity index (χ0v) is 17.1. The lowest BCUT2D eigenvalue weighted by Gasteiger charge is -2.22. The van der Waals surface area contributed by atoms with Gasteiger partial charge in [-0.15, -0.1) is 11.8 Å². The highest BCUT2D eigenvalue weighted by Gasteiger charge is 2.23. The minimum absolute atomic E-state index is 0.0355. The highest BCUT2D eigenvalue weighted by atomic mass is 32.2. The van der Waals surface area contributed by atoms with Crippen LogP contribution in [0, 0.1) is 5.82 Å². The topological polar surface area (TPSA) is 64.0 Å². The van der Waals surface area contributed by atoms with E-state index in [-0.39, 0.29) is 29.1 Å². The Balaban J connectivity index is 1.57. The van der Waals surface area contributed by atoms with Gasteiger partial charge in [-0.3, -0.25) is 14.2 Å². The summed E-state index contributed by atoms with van der Waals surface area (Å²) in [5.74, 6) is 0.640. The molecule has 0 radical (unpaired) electrons. The second-order valence-corrected chi connectivity index (χ2v) is 9.12. The first-order valence-corrected chi connectivity index (χ1v) is 11.6. The summed E-state index contributed by atoms with van der Waals surface area (Å²) in [4.78, 5) is 30.7. The number of aromatic nitrogens is 2. The van der Waals surface area contributed by atoms with E-state index in [1.165, 1.54) is 46.6 Å². The summed E-state index contributed by atoms with van der Waals surface area (Å²) in [5.41, 5.74) is 1.21. The van der Waals surface area contributed by atoms with E-state index in [0.29, 0.717) is 15.7 Å². The van der Waals surface area contributed by atoms with E-state index in [4.69, 9.17) is 0 Å². The summed E-state index contributed by atoms with van der Waals surface area (Å²) in [5, 5.41) is 3.58. The number of amides is 1. The Morgan fingerprint density at radius 3 is 2.75 bits per heavy atom. The van der Waals surface area contributed by atoms with Crippen LogP contribution in [-0.2, 0) is 11.2 Å². The molecule has 1 aliphatic carbocycles. The predicted octanol–water partition coefficient (Wildman–Crippen LogP) is 3.56. The molecule has 0 atom stereocenters. The van der Waals surface area contributed by atoms with Crippen molar-refractivity contribution in [1.29, 1.82) is 0 Å². The smallest absolute Gasteiger partial charge is 0.272 e. The number of nitrogens with one attached hydrogen (secondary N) is 1. The molecule has 1 fully saturated rings. The number of hydrogen-bond acceptors (Lipinski definition) is 5. The van der Waals surface area contributed by atoms with Crippen LogP contribution in [0.25, 0.3) is 5.69 Å². The van der Waals surface area contributed by atoms with Crippen LogP contribution in [0.1, 0.15) is 37.8 Å². The van der Waals surface area contributed by atoms with Gasteiger partial charge in [-0.05, 0) is 37.1 Å². The predicted molar refractivity (Wildman–Crippen MR) is 110 cm³/mol. The lowest BCUT2D eigenvalue weighted by molar-refractivity contribution is -0.119. The van der Waals surface area contributed by atoms with Gasteiger partial charge in [-0.2, -0.15) is 0 Å². The van der Waals surface area contributed by atoms with Gasteiger partial charge < -0.3 is 5.32 Å². The number of hydrogen-bond donors (Lipinski definition) is 1. The standard InChI is InChI=1S/C20H22FN3O2S2/c21-13-6-8-15(9-7-13)24-19(26)18-16(10-11-27-18)23-20(24)28-12-17(25)22-14-4-2-1-3-5-14/h6-9,14H,1-5,10-12H2,(H,22,25). The number of halogens is 1. The molecule has 28 heavy (non-hydrogen) atoms. The number of carbonyl (C=O) groups is 1. The largest absolute Gasteiger partial charge is 0.353 e. The van der Waals surface area contributed by atoms with Crippen LogP contribution in [0.2, 0.25) is 0 Å². The van der Waals surface area contributed by atoms with Crippen LogP contribution in [0.15, 0.2) is 39.1 Å². The molecule has 2 heterocycles. The van der Waals surface area contributed by atoms with Gasteiger partial charge in [0.05, 0.1) is 22.0 Å². The fourth-order valence-corrected chi connectivity index (χ4v) is 5.52. The molecule has 148 valence electrons. The summed E-state index contributed by atoms with van der Waals surface area (Å²) < 4.78 is 14.8. The van der Waals surface area contributed by atoms with Crippen LogP contribution in [-0.4, -0.2) is 33.0 Å². The SMILES string of the molecule is O=C(CSc1nc2c(c(=O)n1-c1ccc(F)cc1)SCC2)NC1CCCCC1. The van der Waals surface area contributed by atoms with Crippen molar-refractivity contribution in [3.8, 4) is 5.69 Å². The normalized spacial score (nSPS) is 16.8. The molecule has 0 bridgehead atoms. The van der Waals surface area contributed by atoms with Crippen molar-refractivity contribution in [2.24, 2.45) is 0 Å². The number of fused-ring (bicyclic) bond motifs is 1. The van der Waals surface area contributed by atoms with Gasteiger partial charge in [0.1, 0.15) is 5.82 Å². The molecular formula is C20H22FN3O2S2. The fourth-order valence-electron chi connectivity index (χ4n) is 3.65. The van der Waals surface area contributed by atoms with Gasteiger partial charge in [0.2, 0.25) is 5.91 Å². The Morgan fingerprint density at radius 1 is 1.25 bits per heavy atom. The van der Waals surface area contributed by atoms with Gasteiger partial charge in [0.25, 0.3) is 5.56 Å². The van der Waals surface area contributed by atoms with Crippen LogP contribution in [0.3, 0.4) is 0 Å². The Kier molecular flexibility index (Phi) is 6.06. The number of thioether (sulfide) groups is 2. The minimum atomic E-state index is -0.360. The quantitative estimate of drug-likeness (QED) is 0.593. The molecule has 0 spiro atoms. The van der Waals surface area contributed by atoms with Gasteiger partial charge in [0, 0.05) is 18.2 Å². The minimum Gasteiger partial charge on any atom is -0.353 e. The maximum absolute atomic E-state index is 13.3. The van der Waals surface area contributed by atoms with Crippen molar-refractivity contribution in [2.45, 2.75) is 54.6 Å². The number of rotatable bonds is 5. The number of aryl methyl sites for hydroxylation is 1. The fraction of sp³-hybridized carbons (Fsp3) is 0.450. The summed E-state index contributed by atoms with van der Waals surface area (Å²) in [7, 11) is 0. The average Bonchev–Trinajstić information content (AvgIpc) is 3.17. The van der Waals surface area contributed by atoms with Crippen molar-refractivity contribution in [2.75, 3.05) is 11.5 Å². The van der Waals surface area contributed by atoms with E-state index in [1.807, 2.05) is 0 Å². The van der Waals surface area contributed by atoms with E-state index >= 15 is 0 Å². The van der Waals surface area contributed by atoms with Crippen molar-refractivity contribution < 1.29 is 9.18 Å². The van der Waals surface area contributed by atoms with Gasteiger partial charge in [-0.25, -0.2) is 9.37 Å². The van der Waals surface area contributed by atoms with Gasteiger partial charge in [0.15, 0.2) is 5.16 Å². The second kappa shape index (κ2) is 8.69. The number of benzene rings is 1. The molecule has 1 saturated carbocycles. The first-order valence-electron chi connectivity index (χ1n) is 9.58. The van der Waals surface area contributed by atoms with Gasteiger partial charge in [-0.1, -0.05) is 31.0 Å². The number of carbonyl (C=O) groups excluding carboxylic acids is 1. The molecule has 2 aromatic rings. The van der Waals surface area contributed by atoms with E-state index in [2.05, 4.69) is 10.3 Å². The van der Waals surface area contributed by atoms with Crippen molar-refractivity contribution >= 4 is 29.4 Å². The zero-order chi connectivity index (χ0) is 19.5. The molecule has 4 rings (SSSR count). The Morgan fingerprint density at radius 2 is 2.00 bits per heavy atom. The molecule has 5 nitrogen and oxygen atoms in total. The van der Waals surface area contributed by atoms with Crippen molar-refractivity contribution in [1.82, 2.24) is 14.9 Å². The van der Waals surface area contributed by atoms with E-state index in [9.17, 15) is 14.0 Å². The summed E-state index contributed by atoms with van der Waals surface area (Å²) in [6.07, 6.45) is 6.37. The van der Waals surface area contributed by atoms with Gasteiger partial charge >= 0.3 is 0 Å². The monoisotopic (exact) mass is 419 g/mol. The Hall–Kier alpha value is -1.80. The third-order valence-electron chi connectivity index (χ3n) is 5.05. The number of nitrogens with zero attached hydrogens (tertiary/aromatic N) is 2. The van der Waals surface area contributed by atoms with E-state index < -0.39 is 0 Å². The first-order chi connectivity index (χ1) is 13.6. The molecular weight excluding hydrogens is 397 g/mol. The Bertz CT molecular complexity index is 924. The maximum atomic E-state index is 13.3. The van der Waals surface area contributed by atoms with Crippen LogP contribution in [0.4, 0.5) is 4.39 Å². The third-order valence-corrected chi connectivity index (χ3v) is 7.10. The summed E-state index contributed by atoms with van der Waals surface area (Å²) >= 11 is 2.76. The first kappa shape index (κ1) is 19.5. The highest BCUT2D eigenvalue weighted by molar-refractivity contribution is 8.00. The third kappa shape index (κ3) is 4.27. The molecule has 1 aromatic carbocycles. The maximum Gasteiger partial charge on any atom is 0.272 e. The van der Waals surface area contributed by atoms with Crippen LogP contribution >= 0.6 is 23.5 Å². The molecule has 1 amide bonds. The Labute approximate surface area is 171 Å². The summed E-state index contributed by atoms with van der Waals surface area (Å²) in [6.45, 7) is 0. The lowest BCUT2D eigenvalue weighted by atomic mass is 9.95. The van der Waals surface area contributed by atoms with Crippen molar-refractivity contribution in [3.05, 3.63) is 46.1 Å². The lowest BCUT2D eigenvalue weighted by Crippen LogP contribution is -2.37. The molecule has 1 aliphatic heterocycles. The highest BCUT2D eigenvalue weighted by Crippen LogP contribution is 2.30. The van der Waals surface area contributed by atoms with Crippen LogP contribution in [0.5, 0.6) is 0 Å². The van der Waals surface area contributed by atoms with E-state index in [1.54, 1.807) is 12.1 Å².